The molecule has 0 spiro atoms. The van der Waals surface area contributed by atoms with E-state index in [4.69, 9.17) is 4.74 Å². The summed E-state index contributed by atoms with van der Waals surface area (Å²) in [7, 11) is 3.54. The first-order valence-electron chi connectivity index (χ1n) is 9.44. The van der Waals surface area contributed by atoms with Crippen molar-refractivity contribution in [2.75, 3.05) is 27.2 Å². The number of ether oxygens (including phenoxy) is 1. The van der Waals surface area contributed by atoms with Crippen molar-refractivity contribution in [3.05, 3.63) is 0 Å². The third kappa shape index (κ3) is 3.59. The molecule has 24 heavy (non-hydrogen) atoms. The van der Waals surface area contributed by atoms with Crippen LogP contribution in [0.1, 0.15) is 51.4 Å². The Bertz CT molecular complexity index is 464. The molecular weight excluding hydrogens is 306 g/mol. The van der Waals surface area contributed by atoms with Crippen molar-refractivity contribution < 1.29 is 14.3 Å². The van der Waals surface area contributed by atoms with E-state index in [0.717, 1.165) is 19.4 Å². The molecule has 0 aromatic rings. The number of hydrogen-bond donors (Lipinski definition) is 1. The van der Waals surface area contributed by atoms with E-state index in [9.17, 15) is 9.59 Å². The second kappa shape index (κ2) is 7.83. The van der Waals surface area contributed by atoms with Crippen molar-refractivity contribution in [1.82, 2.24) is 15.1 Å². The smallest absolute Gasteiger partial charge is 0.305 e. The maximum Gasteiger partial charge on any atom is 0.305 e. The van der Waals surface area contributed by atoms with Gasteiger partial charge in [0.05, 0.1) is 7.11 Å². The number of carbonyl (C=O) groups excluding carboxylic acids is 2. The Morgan fingerprint density at radius 1 is 1.25 bits per heavy atom. The third-order valence-electron chi connectivity index (χ3n) is 6.24. The molecule has 1 saturated carbocycles. The second-order valence-corrected chi connectivity index (χ2v) is 7.51. The first-order chi connectivity index (χ1) is 11.6. The lowest BCUT2D eigenvalue weighted by Crippen LogP contribution is -2.53. The van der Waals surface area contributed by atoms with Crippen LogP contribution in [0.25, 0.3) is 0 Å². The van der Waals surface area contributed by atoms with E-state index in [1.165, 1.54) is 39.2 Å². The van der Waals surface area contributed by atoms with Crippen LogP contribution >= 0.6 is 0 Å². The zero-order chi connectivity index (χ0) is 17.1. The number of likely N-dealkylation sites (tertiary alicyclic amines) is 1. The molecule has 3 aliphatic rings. The summed E-state index contributed by atoms with van der Waals surface area (Å²) in [4.78, 5) is 29.0. The van der Waals surface area contributed by atoms with E-state index in [1.54, 1.807) is 0 Å². The lowest BCUT2D eigenvalue weighted by molar-refractivity contribution is -0.141. The van der Waals surface area contributed by atoms with Crippen molar-refractivity contribution in [2.45, 2.75) is 75.5 Å². The van der Waals surface area contributed by atoms with Crippen LogP contribution in [0.3, 0.4) is 0 Å². The number of amides is 1. The zero-order valence-corrected chi connectivity index (χ0v) is 15.0. The summed E-state index contributed by atoms with van der Waals surface area (Å²) in [5.41, 5.74) is 0. The molecule has 1 N–H and O–H groups in total. The quantitative estimate of drug-likeness (QED) is 0.780. The summed E-state index contributed by atoms with van der Waals surface area (Å²) >= 11 is 0. The molecule has 3 atom stereocenters. The number of nitrogens with zero attached hydrogens (tertiary/aromatic N) is 2. The summed E-state index contributed by atoms with van der Waals surface area (Å²) < 4.78 is 4.76. The van der Waals surface area contributed by atoms with Gasteiger partial charge in [0.1, 0.15) is 6.04 Å². The second-order valence-electron chi connectivity index (χ2n) is 7.51. The summed E-state index contributed by atoms with van der Waals surface area (Å²) in [5, 5.41) is 3.13. The van der Waals surface area contributed by atoms with E-state index in [1.807, 2.05) is 0 Å². The number of likely N-dealkylation sites (N-methyl/N-ethyl adjacent to an activating group) is 1. The highest BCUT2D eigenvalue weighted by Crippen LogP contribution is 2.33. The Balaban J connectivity index is 1.68. The summed E-state index contributed by atoms with van der Waals surface area (Å²) in [5.74, 6) is 0.00118. The van der Waals surface area contributed by atoms with Gasteiger partial charge in [-0.25, -0.2) is 0 Å². The molecule has 2 heterocycles. The van der Waals surface area contributed by atoms with Crippen LogP contribution in [0.4, 0.5) is 0 Å². The van der Waals surface area contributed by atoms with Crippen LogP contribution in [0.2, 0.25) is 0 Å². The highest BCUT2D eigenvalue weighted by Gasteiger charge is 2.47. The standard InChI is InChI=1S/C18H31N3O3/c1-20-14(8-9-16(22)24-2)12-19-18(23)17-15(20)10-11-21(17)13-6-4-3-5-7-13/h13-15,17H,3-12H2,1-2H3,(H,19,23). The molecule has 6 nitrogen and oxygen atoms in total. The van der Waals surface area contributed by atoms with Crippen LogP contribution in [0.15, 0.2) is 0 Å². The number of rotatable bonds is 4. The van der Waals surface area contributed by atoms with Gasteiger partial charge in [-0.15, -0.1) is 0 Å². The lowest BCUT2D eigenvalue weighted by atomic mass is 9.93. The highest BCUT2D eigenvalue weighted by molar-refractivity contribution is 5.83. The predicted molar refractivity (Wildman–Crippen MR) is 91.6 cm³/mol. The van der Waals surface area contributed by atoms with Crippen molar-refractivity contribution in [2.24, 2.45) is 0 Å². The minimum atomic E-state index is -0.175. The van der Waals surface area contributed by atoms with Gasteiger partial charge in [-0.05, 0) is 32.7 Å². The number of methoxy groups -OCH3 is 1. The van der Waals surface area contributed by atoms with Gasteiger partial charge >= 0.3 is 5.97 Å². The summed E-state index contributed by atoms with van der Waals surface area (Å²) in [6, 6.07) is 1.01. The van der Waals surface area contributed by atoms with E-state index in [0.29, 0.717) is 19.0 Å². The minimum absolute atomic E-state index is 0.0266. The molecule has 2 saturated heterocycles. The molecule has 6 heteroatoms. The topological polar surface area (TPSA) is 61.9 Å². The van der Waals surface area contributed by atoms with Gasteiger partial charge in [-0.2, -0.15) is 0 Å². The molecule has 1 aliphatic carbocycles. The van der Waals surface area contributed by atoms with Gasteiger partial charge in [-0.3, -0.25) is 19.4 Å². The fourth-order valence-electron chi connectivity index (χ4n) is 4.80. The fourth-order valence-corrected chi connectivity index (χ4v) is 4.80. The van der Waals surface area contributed by atoms with E-state index >= 15 is 0 Å². The van der Waals surface area contributed by atoms with Crippen LogP contribution < -0.4 is 5.32 Å². The molecule has 136 valence electrons. The number of esters is 1. The van der Waals surface area contributed by atoms with Crippen molar-refractivity contribution in [1.29, 1.82) is 0 Å². The van der Waals surface area contributed by atoms with Gasteiger partial charge in [0, 0.05) is 37.6 Å². The SMILES string of the molecule is COC(=O)CCC1CNC(=O)C2C(CCN2C2CCCCC2)N1C. The highest BCUT2D eigenvalue weighted by atomic mass is 16.5. The van der Waals surface area contributed by atoms with Crippen molar-refractivity contribution in [3.8, 4) is 0 Å². The number of carbonyl (C=O) groups is 2. The zero-order valence-electron chi connectivity index (χ0n) is 15.0. The van der Waals surface area contributed by atoms with E-state index in [-0.39, 0.29) is 30.0 Å². The molecule has 1 amide bonds. The van der Waals surface area contributed by atoms with E-state index in [2.05, 4.69) is 22.2 Å². The maximum absolute atomic E-state index is 12.8. The molecule has 3 fully saturated rings. The summed E-state index contributed by atoms with van der Waals surface area (Å²) in [6.07, 6.45) is 8.55. The molecule has 0 aromatic heterocycles. The average Bonchev–Trinajstić information content (AvgIpc) is 3.02. The largest absolute Gasteiger partial charge is 0.469 e. The first-order valence-corrected chi connectivity index (χ1v) is 9.44. The monoisotopic (exact) mass is 337 g/mol. The molecule has 3 rings (SSSR count). The maximum atomic E-state index is 12.8. The molecule has 0 bridgehead atoms. The molecule has 0 aromatic carbocycles. The molecule has 2 aliphatic heterocycles. The number of fused-ring (bicyclic) bond motifs is 1. The Hall–Kier alpha value is -1.14. The van der Waals surface area contributed by atoms with Crippen LogP contribution in [0, 0.1) is 0 Å². The van der Waals surface area contributed by atoms with Crippen LogP contribution in [0.5, 0.6) is 0 Å². The first kappa shape index (κ1) is 17.7. The lowest BCUT2D eigenvalue weighted by Gasteiger charge is -2.37. The van der Waals surface area contributed by atoms with Crippen molar-refractivity contribution in [3.63, 3.8) is 0 Å². The minimum Gasteiger partial charge on any atom is -0.469 e. The van der Waals surface area contributed by atoms with Gasteiger partial charge in [0.25, 0.3) is 0 Å². The van der Waals surface area contributed by atoms with E-state index < -0.39 is 0 Å². The normalized spacial score (nSPS) is 32.9. The van der Waals surface area contributed by atoms with Gasteiger partial charge < -0.3 is 10.1 Å². The Labute approximate surface area is 144 Å². The average molecular weight is 337 g/mol. The van der Waals surface area contributed by atoms with Crippen LogP contribution in [-0.2, 0) is 14.3 Å². The molecular formula is C18H31N3O3. The Morgan fingerprint density at radius 2 is 2.00 bits per heavy atom. The molecule has 0 radical (unpaired) electrons. The Kier molecular flexibility index (Phi) is 5.76. The predicted octanol–water partition coefficient (Wildman–Crippen LogP) is 1.15. The van der Waals surface area contributed by atoms with Crippen LogP contribution in [-0.4, -0.2) is 73.1 Å². The van der Waals surface area contributed by atoms with Gasteiger partial charge in [-0.1, -0.05) is 19.3 Å². The third-order valence-corrected chi connectivity index (χ3v) is 6.24. The number of hydrogen-bond acceptors (Lipinski definition) is 5. The van der Waals surface area contributed by atoms with Gasteiger partial charge in [0.2, 0.25) is 5.91 Å². The number of nitrogens with one attached hydrogen (secondary N) is 1. The molecule has 3 unspecified atom stereocenters. The van der Waals surface area contributed by atoms with Crippen molar-refractivity contribution >= 4 is 11.9 Å². The summed E-state index contributed by atoms with van der Waals surface area (Å²) in [6.45, 7) is 1.64. The van der Waals surface area contributed by atoms with Gasteiger partial charge in [0.15, 0.2) is 0 Å². The Morgan fingerprint density at radius 3 is 2.71 bits per heavy atom. The fraction of sp³-hybridized carbons (Fsp3) is 0.889.